The third-order valence-corrected chi connectivity index (χ3v) is 4.54. The first-order valence-corrected chi connectivity index (χ1v) is 9.46. The Morgan fingerprint density at radius 2 is 1.43 bits per heavy atom. The normalized spacial score (nSPS) is 10.3. The van der Waals surface area contributed by atoms with Gasteiger partial charge in [-0.2, -0.15) is 0 Å². The first-order valence-electron chi connectivity index (χ1n) is 9.46. The molecule has 0 bridgehead atoms. The smallest absolute Gasteiger partial charge is 0.342 e. The Bertz CT molecular complexity index is 947. The molecular formula is C24H23NO5. The van der Waals surface area contributed by atoms with Crippen LogP contribution < -0.4 is 4.74 Å². The van der Waals surface area contributed by atoms with Gasteiger partial charge in [-0.15, -0.1) is 0 Å². The summed E-state index contributed by atoms with van der Waals surface area (Å²) in [6, 6.07) is 23.4. The Morgan fingerprint density at radius 1 is 0.867 bits per heavy atom. The second-order valence-corrected chi connectivity index (χ2v) is 6.68. The summed E-state index contributed by atoms with van der Waals surface area (Å²) in [5.41, 5.74) is 1.89. The molecule has 0 aliphatic rings. The van der Waals surface area contributed by atoms with Crippen LogP contribution in [0.2, 0.25) is 0 Å². The van der Waals surface area contributed by atoms with E-state index in [9.17, 15) is 14.7 Å². The van der Waals surface area contributed by atoms with Gasteiger partial charge in [0.05, 0.1) is 7.11 Å². The predicted octanol–water partition coefficient (Wildman–Crippen LogP) is 3.79. The van der Waals surface area contributed by atoms with Gasteiger partial charge in [0.1, 0.15) is 17.1 Å². The number of nitrogens with zero attached hydrogens (tertiary/aromatic N) is 1. The predicted molar refractivity (Wildman–Crippen MR) is 112 cm³/mol. The highest BCUT2D eigenvalue weighted by molar-refractivity contribution is 5.94. The van der Waals surface area contributed by atoms with Crippen molar-refractivity contribution < 1.29 is 24.2 Å². The minimum absolute atomic E-state index is 0.0557. The molecular weight excluding hydrogens is 382 g/mol. The molecule has 6 nitrogen and oxygen atoms in total. The van der Waals surface area contributed by atoms with E-state index in [1.54, 1.807) is 4.90 Å². The van der Waals surface area contributed by atoms with E-state index in [2.05, 4.69) is 0 Å². The fourth-order valence-electron chi connectivity index (χ4n) is 2.94. The van der Waals surface area contributed by atoms with Crippen LogP contribution in [-0.2, 0) is 22.6 Å². The lowest BCUT2D eigenvalue weighted by atomic mass is 10.1. The summed E-state index contributed by atoms with van der Waals surface area (Å²) in [5, 5.41) is 9.91. The number of carbonyl (C=O) groups is 2. The molecule has 3 rings (SSSR count). The van der Waals surface area contributed by atoms with E-state index in [1.165, 1.54) is 25.3 Å². The van der Waals surface area contributed by atoms with Crippen molar-refractivity contribution in [3.05, 3.63) is 95.6 Å². The Hall–Kier alpha value is -3.80. The molecule has 1 amide bonds. The van der Waals surface area contributed by atoms with Crippen LogP contribution in [0.1, 0.15) is 21.5 Å². The summed E-state index contributed by atoms with van der Waals surface area (Å²) in [6.07, 6.45) is 0. The first-order chi connectivity index (χ1) is 14.6. The molecule has 0 radical (unpaired) electrons. The zero-order valence-corrected chi connectivity index (χ0v) is 16.7. The summed E-state index contributed by atoms with van der Waals surface area (Å²) < 4.78 is 10.2. The number of methoxy groups -OCH3 is 1. The zero-order valence-electron chi connectivity index (χ0n) is 16.7. The summed E-state index contributed by atoms with van der Waals surface area (Å²) in [4.78, 5) is 26.9. The molecule has 0 atom stereocenters. The van der Waals surface area contributed by atoms with Crippen LogP contribution in [0.15, 0.2) is 78.9 Å². The van der Waals surface area contributed by atoms with Crippen molar-refractivity contribution >= 4 is 11.9 Å². The van der Waals surface area contributed by atoms with Crippen LogP contribution in [-0.4, -0.2) is 35.6 Å². The molecule has 0 aromatic heterocycles. The standard InChI is InChI=1S/C24H23NO5/c1-29-20-12-13-22(26)21(14-20)24(28)30-17-23(27)25(15-18-8-4-2-5-9-18)16-19-10-6-3-7-11-19/h2-14,26H,15-17H2,1H3. The number of carbonyl (C=O) groups excluding carboxylic acids is 2. The minimum atomic E-state index is -0.792. The molecule has 0 spiro atoms. The third kappa shape index (κ3) is 5.61. The Labute approximate surface area is 175 Å². The number of esters is 1. The van der Waals surface area contributed by atoms with Crippen LogP contribution in [0.5, 0.6) is 11.5 Å². The molecule has 0 heterocycles. The van der Waals surface area contributed by atoms with Gasteiger partial charge in [-0.05, 0) is 29.3 Å². The third-order valence-electron chi connectivity index (χ3n) is 4.54. The largest absolute Gasteiger partial charge is 0.507 e. The van der Waals surface area contributed by atoms with Crippen molar-refractivity contribution in [3.8, 4) is 11.5 Å². The van der Waals surface area contributed by atoms with E-state index in [1.807, 2.05) is 60.7 Å². The van der Waals surface area contributed by atoms with E-state index < -0.39 is 12.6 Å². The van der Waals surface area contributed by atoms with Crippen LogP contribution in [0.3, 0.4) is 0 Å². The van der Waals surface area contributed by atoms with Crippen LogP contribution in [0, 0.1) is 0 Å². The highest BCUT2D eigenvalue weighted by atomic mass is 16.5. The minimum Gasteiger partial charge on any atom is -0.507 e. The van der Waals surface area contributed by atoms with E-state index in [0.29, 0.717) is 18.8 Å². The number of phenols is 1. The van der Waals surface area contributed by atoms with E-state index in [4.69, 9.17) is 9.47 Å². The topological polar surface area (TPSA) is 76.1 Å². The molecule has 3 aromatic carbocycles. The molecule has 3 aromatic rings. The maximum atomic E-state index is 12.9. The number of phenolic OH excluding ortho intramolecular Hbond substituents is 1. The Balaban J connectivity index is 1.70. The average molecular weight is 405 g/mol. The fourth-order valence-corrected chi connectivity index (χ4v) is 2.94. The highest BCUT2D eigenvalue weighted by Crippen LogP contribution is 2.23. The first kappa shape index (κ1) is 20.9. The second-order valence-electron chi connectivity index (χ2n) is 6.68. The highest BCUT2D eigenvalue weighted by Gasteiger charge is 2.19. The van der Waals surface area contributed by atoms with Gasteiger partial charge < -0.3 is 19.5 Å². The van der Waals surface area contributed by atoms with Crippen molar-refractivity contribution in [3.63, 3.8) is 0 Å². The van der Waals surface area contributed by atoms with Gasteiger partial charge in [0.25, 0.3) is 5.91 Å². The van der Waals surface area contributed by atoms with E-state index in [0.717, 1.165) is 11.1 Å². The average Bonchev–Trinajstić information content (AvgIpc) is 2.78. The number of aromatic hydroxyl groups is 1. The van der Waals surface area contributed by atoms with Crippen molar-refractivity contribution in [2.75, 3.05) is 13.7 Å². The zero-order chi connectivity index (χ0) is 21.3. The summed E-state index contributed by atoms with van der Waals surface area (Å²) in [5.74, 6) is -0.961. The monoisotopic (exact) mass is 405 g/mol. The SMILES string of the molecule is COc1ccc(O)c(C(=O)OCC(=O)N(Cc2ccccc2)Cc2ccccc2)c1. The Kier molecular flexibility index (Phi) is 7.05. The van der Waals surface area contributed by atoms with Gasteiger partial charge in [0.15, 0.2) is 6.61 Å². The summed E-state index contributed by atoms with van der Waals surface area (Å²) in [6.45, 7) is 0.336. The number of hydrogen-bond acceptors (Lipinski definition) is 5. The number of amides is 1. The summed E-state index contributed by atoms with van der Waals surface area (Å²) >= 11 is 0. The lowest BCUT2D eigenvalue weighted by Gasteiger charge is -2.23. The van der Waals surface area contributed by atoms with Crippen molar-refractivity contribution in [2.45, 2.75) is 13.1 Å². The van der Waals surface area contributed by atoms with Gasteiger partial charge in [-0.3, -0.25) is 4.79 Å². The lowest BCUT2D eigenvalue weighted by molar-refractivity contribution is -0.135. The lowest BCUT2D eigenvalue weighted by Crippen LogP contribution is -2.34. The van der Waals surface area contributed by atoms with Crippen molar-refractivity contribution in [1.29, 1.82) is 0 Å². The maximum absolute atomic E-state index is 12.9. The fraction of sp³-hybridized carbons (Fsp3) is 0.167. The van der Waals surface area contributed by atoms with Crippen LogP contribution in [0.25, 0.3) is 0 Å². The Morgan fingerprint density at radius 3 is 1.97 bits per heavy atom. The molecule has 0 aliphatic carbocycles. The van der Waals surface area contributed by atoms with Gasteiger partial charge >= 0.3 is 5.97 Å². The van der Waals surface area contributed by atoms with Crippen LogP contribution >= 0.6 is 0 Å². The maximum Gasteiger partial charge on any atom is 0.342 e. The molecule has 0 fully saturated rings. The second kappa shape index (κ2) is 10.1. The van der Waals surface area contributed by atoms with Gasteiger partial charge in [-0.25, -0.2) is 4.79 Å². The quantitative estimate of drug-likeness (QED) is 0.577. The molecule has 0 saturated heterocycles. The molecule has 6 heteroatoms. The number of ether oxygens (including phenoxy) is 2. The van der Waals surface area contributed by atoms with Gasteiger partial charge in [0, 0.05) is 13.1 Å². The van der Waals surface area contributed by atoms with Gasteiger partial charge in [0.2, 0.25) is 0 Å². The van der Waals surface area contributed by atoms with Crippen LogP contribution in [0.4, 0.5) is 0 Å². The number of benzene rings is 3. The molecule has 154 valence electrons. The van der Waals surface area contributed by atoms with E-state index in [-0.39, 0.29) is 17.2 Å². The molecule has 0 aliphatic heterocycles. The molecule has 0 saturated carbocycles. The molecule has 1 N–H and O–H groups in total. The van der Waals surface area contributed by atoms with Gasteiger partial charge in [-0.1, -0.05) is 60.7 Å². The molecule has 0 unspecified atom stereocenters. The number of hydrogen-bond donors (Lipinski definition) is 1. The summed E-state index contributed by atoms with van der Waals surface area (Å²) in [7, 11) is 1.45. The van der Waals surface area contributed by atoms with E-state index >= 15 is 0 Å². The number of rotatable bonds is 8. The molecule has 30 heavy (non-hydrogen) atoms. The van der Waals surface area contributed by atoms with Crippen molar-refractivity contribution in [1.82, 2.24) is 4.90 Å². The van der Waals surface area contributed by atoms with Crippen molar-refractivity contribution in [2.24, 2.45) is 0 Å².